The third kappa shape index (κ3) is 6.14. The van der Waals surface area contributed by atoms with Crippen LogP contribution in [0.2, 0.25) is 0 Å². The zero-order valence-electron chi connectivity index (χ0n) is 18.4. The Morgan fingerprint density at radius 2 is 1.62 bits per heavy atom. The molecule has 0 radical (unpaired) electrons. The molecule has 158 valence electrons. The van der Waals surface area contributed by atoms with E-state index in [9.17, 15) is 4.79 Å². The van der Waals surface area contributed by atoms with Gasteiger partial charge >= 0.3 is 0 Å². The number of hydrogen-bond acceptors (Lipinski definition) is 4. The second-order valence-corrected chi connectivity index (χ2v) is 7.06. The van der Waals surface area contributed by atoms with Gasteiger partial charge in [-0.15, -0.1) is 0 Å². The van der Waals surface area contributed by atoms with Crippen LogP contribution in [0.1, 0.15) is 56.8 Å². The lowest BCUT2D eigenvalue weighted by Crippen LogP contribution is -2.39. The minimum absolute atomic E-state index is 0.134. The molecule has 2 unspecified atom stereocenters. The van der Waals surface area contributed by atoms with Gasteiger partial charge < -0.3 is 19.5 Å². The maximum absolute atomic E-state index is 12.8. The Hall–Kier alpha value is -2.69. The van der Waals surface area contributed by atoms with E-state index in [1.165, 1.54) is 5.56 Å². The number of aryl methyl sites for hydroxylation is 2. The maximum atomic E-state index is 12.8. The van der Waals surface area contributed by atoms with Gasteiger partial charge in [-0.3, -0.25) is 4.79 Å². The molecule has 5 heteroatoms. The minimum atomic E-state index is -0.548. The van der Waals surface area contributed by atoms with Crippen molar-refractivity contribution in [1.29, 1.82) is 0 Å². The van der Waals surface area contributed by atoms with Crippen molar-refractivity contribution in [2.75, 3.05) is 13.2 Å². The van der Waals surface area contributed by atoms with E-state index in [1.54, 1.807) is 0 Å². The van der Waals surface area contributed by atoms with Crippen LogP contribution in [0.4, 0.5) is 0 Å². The van der Waals surface area contributed by atoms with Crippen LogP contribution in [-0.2, 0) is 4.79 Å². The van der Waals surface area contributed by atoms with Crippen molar-refractivity contribution < 1.29 is 19.0 Å². The third-order valence-corrected chi connectivity index (χ3v) is 4.85. The van der Waals surface area contributed by atoms with E-state index in [0.29, 0.717) is 36.9 Å². The zero-order valence-corrected chi connectivity index (χ0v) is 18.4. The highest BCUT2D eigenvalue weighted by atomic mass is 16.5. The largest absolute Gasteiger partial charge is 0.490 e. The van der Waals surface area contributed by atoms with Gasteiger partial charge in [-0.05, 0) is 82.0 Å². The highest BCUT2D eigenvalue weighted by Gasteiger charge is 2.21. The van der Waals surface area contributed by atoms with Gasteiger partial charge in [-0.1, -0.05) is 19.1 Å². The average molecular weight is 400 g/mol. The molecular weight excluding hydrogens is 366 g/mol. The third-order valence-electron chi connectivity index (χ3n) is 4.85. The molecular formula is C24H33NO4. The Balaban J connectivity index is 2.09. The fourth-order valence-electron chi connectivity index (χ4n) is 3.00. The molecule has 0 aliphatic heterocycles. The molecule has 0 heterocycles. The molecule has 0 aliphatic rings. The number of carbonyl (C=O) groups excluding carboxylic acids is 1. The van der Waals surface area contributed by atoms with Crippen molar-refractivity contribution in [3.05, 3.63) is 53.1 Å². The average Bonchev–Trinajstić information content (AvgIpc) is 2.70. The van der Waals surface area contributed by atoms with Crippen LogP contribution in [0, 0.1) is 13.8 Å². The lowest BCUT2D eigenvalue weighted by atomic mass is 10.1. The van der Waals surface area contributed by atoms with Gasteiger partial charge in [-0.2, -0.15) is 0 Å². The van der Waals surface area contributed by atoms with E-state index < -0.39 is 6.10 Å². The molecule has 0 fully saturated rings. The lowest BCUT2D eigenvalue weighted by molar-refractivity contribution is -0.128. The van der Waals surface area contributed by atoms with Crippen molar-refractivity contribution in [3.63, 3.8) is 0 Å². The molecule has 2 rings (SSSR count). The SMILES string of the molecule is CCOc1ccc(C(C)NC(=O)C(CC)Oc2ccc(C)c(C)c2)cc1OCC. The minimum Gasteiger partial charge on any atom is -0.490 e. The van der Waals surface area contributed by atoms with Gasteiger partial charge in [0.05, 0.1) is 19.3 Å². The van der Waals surface area contributed by atoms with Crippen LogP contribution in [0.5, 0.6) is 17.2 Å². The van der Waals surface area contributed by atoms with E-state index in [0.717, 1.165) is 11.1 Å². The standard InChI is InChI=1S/C24H33NO4/c1-7-21(29-20-12-10-16(4)17(5)14-20)24(26)25-18(6)19-11-13-22(27-8-2)23(15-19)28-9-3/h10-15,18,21H,7-9H2,1-6H3,(H,25,26). The lowest BCUT2D eigenvalue weighted by Gasteiger charge is -2.22. The highest BCUT2D eigenvalue weighted by molar-refractivity contribution is 5.81. The fourth-order valence-corrected chi connectivity index (χ4v) is 3.00. The summed E-state index contributed by atoms with van der Waals surface area (Å²) in [5.41, 5.74) is 3.29. The Morgan fingerprint density at radius 3 is 2.24 bits per heavy atom. The predicted molar refractivity (Wildman–Crippen MR) is 116 cm³/mol. The van der Waals surface area contributed by atoms with E-state index in [2.05, 4.69) is 12.2 Å². The number of amides is 1. The molecule has 0 saturated heterocycles. The van der Waals surface area contributed by atoms with Gasteiger partial charge in [0.2, 0.25) is 0 Å². The molecule has 0 bridgehead atoms. The Morgan fingerprint density at radius 1 is 0.931 bits per heavy atom. The van der Waals surface area contributed by atoms with Crippen molar-refractivity contribution >= 4 is 5.91 Å². The molecule has 2 atom stereocenters. The van der Waals surface area contributed by atoms with Gasteiger partial charge in [0.25, 0.3) is 5.91 Å². The van der Waals surface area contributed by atoms with E-state index in [4.69, 9.17) is 14.2 Å². The summed E-state index contributed by atoms with van der Waals surface area (Å²) in [5.74, 6) is 1.97. The number of hydrogen-bond donors (Lipinski definition) is 1. The molecule has 0 aliphatic carbocycles. The smallest absolute Gasteiger partial charge is 0.261 e. The van der Waals surface area contributed by atoms with Crippen LogP contribution < -0.4 is 19.5 Å². The van der Waals surface area contributed by atoms with Crippen LogP contribution in [0.25, 0.3) is 0 Å². The summed E-state index contributed by atoms with van der Waals surface area (Å²) in [6.07, 6.45) is 0.0347. The molecule has 1 N–H and O–H groups in total. The Bertz CT molecular complexity index is 819. The molecule has 0 spiro atoms. The van der Waals surface area contributed by atoms with Crippen molar-refractivity contribution in [2.45, 2.75) is 60.1 Å². The number of rotatable bonds is 10. The Kier molecular flexibility index (Phi) is 8.37. The summed E-state index contributed by atoms with van der Waals surface area (Å²) in [7, 11) is 0. The van der Waals surface area contributed by atoms with Crippen LogP contribution in [-0.4, -0.2) is 25.2 Å². The molecule has 0 saturated carbocycles. The Labute approximate surface area is 174 Å². The summed E-state index contributed by atoms with van der Waals surface area (Å²) in [6, 6.07) is 11.4. The summed E-state index contributed by atoms with van der Waals surface area (Å²) in [5, 5.41) is 3.05. The molecule has 0 aromatic heterocycles. The topological polar surface area (TPSA) is 56.8 Å². The molecule has 29 heavy (non-hydrogen) atoms. The highest BCUT2D eigenvalue weighted by Crippen LogP contribution is 2.31. The first kappa shape index (κ1) is 22.6. The normalized spacial score (nSPS) is 12.8. The van der Waals surface area contributed by atoms with E-state index in [1.807, 2.05) is 71.0 Å². The maximum Gasteiger partial charge on any atom is 0.261 e. The first-order valence-corrected chi connectivity index (χ1v) is 10.3. The van der Waals surface area contributed by atoms with Crippen LogP contribution >= 0.6 is 0 Å². The van der Waals surface area contributed by atoms with Crippen LogP contribution in [0.15, 0.2) is 36.4 Å². The summed E-state index contributed by atoms with van der Waals surface area (Å²) in [6.45, 7) is 13.0. The second-order valence-electron chi connectivity index (χ2n) is 7.06. The van der Waals surface area contributed by atoms with Gasteiger partial charge in [0.15, 0.2) is 17.6 Å². The van der Waals surface area contributed by atoms with Gasteiger partial charge in [-0.25, -0.2) is 0 Å². The molecule has 5 nitrogen and oxygen atoms in total. The van der Waals surface area contributed by atoms with Crippen molar-refractivity contribution in [2.24, 2.45) is 0 Å². The van der Waals surface area contributed by atoms with E-state index in [-0.39, 0.29) is 11.9 Å². The number of benzene rings is 2. The zero-order chi connectivity index (χ0) is 21.4. The fraction of sp³-hybridized carbons (Fsp3) is 0.458. The van der Waals surface area contributed by atoms with Gasteiger partial charge in [0, 0.05) is 0 Å². The van der Waals surface area contributed by atoms with Crippen molar-refractivity contribution in [3.8, 4) is 17.2 Å². The summed E-state index contributed by atoms with van der Waals surface area (Å²) in [4.78, 5) is 12.8. The number of ether oxygens (including phenoxy) is 3. The molecule has 2 aromatic carbocycles. The second kappa shape index (κ2) is 10.7. The monoisotopic (exact) mass is 399 g/mol. The first-order chi connectivity index (χ1) is 13.9. The van der Waals surface area contributed by atoms with E-state index >= 15 is 0 Å². The number of carbonyl (C=O) groups is 1. The summed E-state index contributed by atoms with van der Waals surface area (Å²) >= 11 is 0. The van der Waals surface area contributed by atoms with Crippen molar-refractivity contribution in [1.82, 2.24) is 5.32 Å². The molecule has 2 aromatic rings. The van der Waals surface area contributed by atoms with Crippen LogP contribution in [0.3, 0.4) is 0 Å². The quantitative estimate of drug-likeness (QED) is 0.601. The summed E-state index contributed by atoms with van der Waals surface area (Å²) < 4.78 is 17.3. The first-order valence-electron chi connectivity index (χ1n) is 10.3. The predicted octanol–water partition coefficient (Wildman–Crippen LogP) is 5.14. The number of nitrogens with one attached hydrogen (secondary N) is 1. The van der Waals surface area contributed by atoms with Gasteiger partial charge in [0.1, 0.15) is 5.75 Å². The molecule has 1 amide bonds.